The average Bonchev–Trinajstić information content (AvgIpc) is 2.17. The molecule has 5 nitrogen and oxygen atoms in total. The summed E-state index contributed by atoms with van der Waals surface area (Å²) < 4.78 is 4.89. The molecule has 5 heteroatoms. The third kappa shape index (κ3) is 6.27. The molecule has 1 unspecified atom stereocenters. The number of carbonyl (C=O) groups is 2. The summed E-state index contributed by atoms with van der Waals surface area (Å²) in [6, 6.07) is 1.71. The van der Waals surface area contributed by atoms with Crippen LogP contribution in [0, 0.1) is 11.3 Å². The highest BCUT2D eigenvalue weighted by Crippen LogP contribution is 1.96. The van der Waals surface area contributed by atoms with Gasteiger partial charge in [0.2, 0.25) is 5.91 Å². The number of carbonyl (C=O) groups excluding carboxylic acids is 2. The molecular formula is C10H14N2O3. The summed E-state index contributed by atoms with van der Waals surface area (Å²) in [7, 11) is 0. The minimum atomic E-state index is -0.672. The molecule has 0 heterocycles. The zero-order valence-electron chi connectivity index (χ0n) is 8.82. The number of nitriles is 1. The lowest BCUT2D eigenvalue weighted by Gasteiger charge is -2.15. The summed E-state index contributed by atoms with van der Waals surface area (Å²) in [5.41, 5.74) is 0. The van der Waals surface area contributed by atoms with Crippen molar-refractivity contribution in [2.75, 3.05) is 0 Å². The van der Waals surface area contributed by atoms with Gasteiger partial charge in [-0.25, -0.2) is 4.79 Å². The highest BCUT2D eigenvalue weighted by atomic mass is 16.6. The number of nitrogens with one attached hydrogen (secondary N) is 1. The van der Waals surface area contributed by atoms with Crippen LogP contribution in [0.5, 0.6) is 0 Å². The van der Waals surface area contributed by atoms with Crippen molar-refractivity contribution in [2.24, 2.45) is 0 Å². The summed E-state index contributed by atoms with van der Waals surface area (Å²) in [5, 5.41) is 10.7. The van der Waals surface area contributed by atoms with Crippen LogP contribution in [0.25, 0.3) is 0 Å². The van der Waals surface area contributed by atoms with E-state index in [4.69, 9.17) is 10.00 Å². The second-order valence-electron chi connectivity index (χ2n) is 2.74. The van der Waals surface area contributed by atoms with E-state index in [1.54, 1.807) is 26.0 Å². The second kappa shape index (κ2) is 7.56. The lowest BCUT2D eigenvalue weighted by atomic mass is 10.3. The third-order valence-corrected chi connectivity index (χ3v) is 1.49. The van der Waals surface area contributed by atoms with Crippen LogP contribution in [-0.2, 0) is 14.3 Å². The molecule has 0 aromatic rings. The van der Waals surface area contributed by atoms with Crippen LogP contribution >= 0.6 is 0 Å². The molecule has 0 bridgehead atoms. The smallest absolute Gasteiger partial charge is 0.332 e. The maximum absolute atomic E-state index is 11.0. The molecule has 0 saturated carbocycles. The molecule has 0 aromatic carbocycles. The van der Waals surface area contributed by atoms with Gasteiger partial charge in [-0.3, -0.25) is 4.79 Å². The lowest BCUT2D eigenvalue weighted by Crippen LogP contribution is -2.37. The van der Waals surface area contributed by atoms with Gasteiger partial charge in [-0.05, 0) is 6.92 Å². The Morgan fingerprint density at radius 2 is 2.27 bits per heavy atom. The van der Waals surface area contributed by atoms with E-state index in [2.05, 4.69) is 5.32 Å². The molecule has 0 aliphatic heterocycles. The number of nitrogens with zero attached hydrogens (tertiary/aromatic N) is 1. The van der Waals surface area contributed by atoms with Gasteiger partial charge in [0.1, 0.15) is 6.42 Å². The molecule has 0 rings (SSSR count). The first-order valence-electron chi connectivity index (χ1n) is 4.63. The quantitative estimate of drug-likeness (QED) is 0.415. The number of hydrogen-bond donors (Lipinski definition) is 1. The molecule has 15 heavy (non-hydrogen) atoms. The summed E-state index contributed by atoms with van der Waals surface area (Å²) in [4.78, 5) is 22.0. The topological polar surface area (TPSA) is 79.2 Å². The zero-order chi connectivity index (χ0) is 11.7. The summed E-state index contributed by atoms with van der Waals surface area (Å²) in [6.07, 6.45) is 2.36. The number of esters is 1. The SMILES string of the molecule is CC=CC(=O)OC(CC)NC(=O)CC#N. The van der Waals surface area contributed by atoms with E-state index >= 15 is 0 Å². The predicted octanol–water partition coefficient (Wildman–Crippen LogP) is 0.872. The van der Waals surface area contributed by atoms with E-state index in [9.17, 15) is 9.59 Å². The number of hydrogen-bond acceptors (Lipinski definition) is 4. The molecule has 0 fully saturated rings. The van der Waals surface area contributed by atoms with Crippen LogP contribution in [-0.4, -0.2) is 18.1 Å². The molecule has 1 N–H and O–H groups in total. The summed E-state index contributed by atoms with van der Waals surface area (Å²) in [6.45, 7) is 3.46. The van der Waals surface area contributed by atoms with E-state index in [1.165, 1.54) is 6.08 Å². The molecule has 1 atom stereocenters. The van der Waals surface area contributed by atoms with Crippen LogP contribution in [0.4, 0.5) is 0 Å². The fourth-order valence-corrected chi connectivity index (χ4v) is 0.833. The Hall–Kier alpha value is -1.83. The van der Waals surface area contributed by atoms with Crippen molar-refractivity contribution in [1.29, 1.82) is 5.26 Å². The van der Waals surface area contributed by atoms with Crippen LogP contribution < -0.4 is 5.32 Å². The van der Waals surface area contributed by atoms with Crippen molar-refractivity contribution in [3.8, 4) is 6.07 Å². The Morgan fingerprint density at radius 3 is 2.73 bits per heavy atom. The van der Waals surface area contributed by atoms with Crippen molar-refractivity contribution >= 4 is 11.9 Å². The maximum Gasteiger partial charge on any atom is 0.332 e. The van der Waals surface area contributed by atoms with Gasteiger partial charge in [-0.15, -0.1) is 0 Å². The molecule has 0 aromatic heterocycles. The summed E-state index contributed by atoms with van der Waals surface area (Å²) >= 11 is 0. The largest absolute Gasteiger partial charge is 0.439 e. The van der Waals surface area contributed by atoms with Crippen molar-refractivity contribution < 1.29 is 14.3 Å². The number of rotatable bonds is 5. The molecule has 0 aliphatic carbocycles. The molecule has 1 amide bonds. The van der Waals surface area contributed by atoms with Gasteiger partial charge in [0, 0.05) is 12.5 Å². The molecule has 0 aliphatic rings. The van der Waals surface area contributed by atoms with Gasteiger partial charge in [0.15, 0.2) is 6.23 Å². The normalized spacial score (nSPS) is 11.8. The number of amides is 1. The highest BCUT2D eigenvalue weighted by Gasteiger charge is 2.12. The molecule has 0 spiro atoms. The average molecular weight is 210 g/mol. The van der Waals surface area contributed by atoms with Crippen LogP contribution in [0.15, 0.2) is 12.2 Å². The maximum atomic E-state index is 11.0. The van der Waals surface area contributed by atoms with Crippen LogP contribution in [0.1, 0.15) is 26.7 Å². The molecule has 0 radical (unpaired) electrons. The van der Waals surface area contributed by atoms with Crippen molar-refractivity contribution in [3.05, 3.63) is 12.2 Å². The number of allylic oxidation sites excluding steroid dienone is 1. The number of ether oxygens (including phenoxy) is 1. The van der Waals surface area contributed by atoms with E-state index in [0.717, 1.165) is 0 Å². The standard InChI is InChI=1S/C10H14N2O3/c1-3-5-10(14)15-9(4-2)12-8(13)6-7-11/h3,5,9H,4,6H2,1-2H3,(H,12,13). The van der Waals surface area contributed by atoms with Crippen molar-refractivity contribution in [3.63, 3.8) is 0 Å². The van der Waals surface area contributed by atoms with Crippen molar-refractivity contribution in [1.82, 2.24) is 5.32 Å². The Kier molecular flexibility index (Phi) is 6.64. The van der Waals surface area contributed by atoms with Gasteiger partial charge in [0.05, 0.1) is 6.07 Å². The van der Waals surface area contributed by atoms with Gasteiger partial charge in [-0.1, -0.05) is 13.0 Å². The molecule has 82 valence electrons. The monoisotopic (exact) mass is 210 g/mol. The molecule has 0 saturated heterocycles. The minimum Gasteiger partial charge on any atom is -0.439 e. The van der Waals surface area contributed by atoms with E-state index < -0.39 is 18.1 Å². The molecular weight excluding hydrogens is 196 g/mol. The lowest BCUT2D eigenvalue weighted by molar-refractivity contribution is -0.146. The first-order valence-corrected chi connectivity index (χ1v) is 4.63. The summed E-state index contributed by atoms with van der Waals surface area (Å²) in [5.74, 6) is -0.959. The predicted molar refractivity (Wildman–Crippen MR) is 53.4 cm³/mol. The first kappa shape index (κ1) is 13.2. The fraction of sp³-hybridized carbons (Fsp3) is 0.500. The van der Waals surface area contributed by atoms with Gasteiger partial charge in [0.25, 0.3) is 0 Å². The van der Waals surface area contributed by atoms with E-state index in [0.29, 0.717) is 6.42 Å². The van der Waals surface area contributed by atoms with Gasteiger partial charge in [-0.2, -0.15) is 5.26 Å². The van der Waals surface area contributed by atoms with Gasteiger partial charge >= 0.3 is 5.97 Å². The Balaban J connectivity index is 4.09. The van der Waals surface area contributed by atoms with E-state index in [1.807, 2.05) is 0 Å². The second-order valence-corrected chi connectivity index (χ2v) is 2.74. The Morgan fingerprint density at radius 1 is 1.60 bits per heavy atom. The Labute approximate surface area is 88.7 Å². The zero-order valence-corrected chi connectivity index (χ0v) is 8.82. The van der Waals surface area contributed by atoms with Crippen LogP contribution in [0.2, 0.25) is 0 Å². The van der Waals surface area contributed by atoms with E-state index in [-0.39, 0.29) is 6.42 Å². The van der Waals surface area contributed by atoms with Crippen LogP contribution in [0.3, 0.4) is 0 Å². The first-order chi connectivity index (χ1) is 7.13. The fourth-order valence-electron chi connectivity index (χ4n) is 0.833. The van der Waals surface area contributed by atoms with Crippen molar-refractivity contribution in [2.45, 2.75) is 32.9 Å². The van der Waals surface area contributed by atoms with Gasteiger partial charge < -0.3 is 10.1 Å². The highest BCUT2D eigenvalue weighted by molar-refractivity contribution is 5.82. The minimum absolute atomic E-state index is 0.238. The third-order valence-electron chi connectivity index (χ3n) is 1.49. The Bertz CT molecular complexity index is 292.